The fourth-order valence-electron chi connectivity index (χ4n) is 3.08. The van der Waals surface area contributed by atoms with E-state index in [1.807, 2.05) is 30.3 Å². The van der Waals surface area contributed by atoms with Gasteiger partial charge >= 0.3 is 0 Å². The van der Waals surface area contributed by atoms with Gasteiger partial charge in [-0.05, 0) is 49.2 Å². The molecule has 0 aliphatic carbocycles. The molecule has 1 amide bonds. The number of amides is 1. The summed E-state index contributed by atoms with van der Waals surface area (Å²) in [5, 5.41) is 5.77. The average Bonchev–Trinajstić information content (AvgIpc) is 2.65. The number of thioether (sulfide) groups is 1. The molecule has 0 spiro atoms. The van der Waals surface area contributed by atoms with Crippen LogP contribution in [0.5, 0.6) is 0 Å². The number of rotatable bonds is 5. The lowest BCUT2D eigenvalue weighted by Crippen LogP contribution is -2.49. The molecule has 1 aliphatic rings. The Balaban J connectivity index is 1.83. The monoisotopic (exact) mass is 376 g/mol. The zero-order chi connectivity index (χ0) is 18.5. The van der Waals surface area contributed by atoms with E-state index in [2.05, 4.69) is 17.6 Å². The van der Waals surface area contributed by atoms with Crippen LogP contribution < -0.4 is 10.6 Å². The Kier molecular flexibility index (Phi) is 6.27. The molecule has 2 N–H and O–H groups in total. The molecule has 3 nitrogen and oxygen atoms in total. The highest BCUT2D eigenvalue weighted by Crippen LogP contribution is 2.37. The average molecular weight is 376 g/mol. The molecule has 1 saturated heterocycles. The minimum Gasteiger partial charge on any atom is -0.352 e. The molecule has 1 aliphatic heterocycles. The predicted octanol–water partition coefficient (Wildman–Crippen LogP) is 3.91. The van der Waals surface area contributed by atoms with Gasteiger partial charge in [-0.1, -0.05) is 37.3 Å². The van der Waals surface area contributed by atoms with Crippen molar-refractivity contribution in [1.29, 1.82) is 0 Å². The first kappa shape index (κ1) is 18.9. The van der Waals surface area contributed by atoms with Crippen LogP contribution in [0.1, 0.15) is 24.2 Å². The van der Waals surface area contributed by atoms with E-state index in [0.717, 1.165) is 55.0 Å². The molecule has 0 bridgehead atoms. The first-order chi connectivity index (χ1) is 12.5. The third-order valence-electron chi connectivity index (χ3n) is 4.59. The van der Waals surface area contributed by atoms with Gasteiger partial charge in [-0.15, -0.1) is 11.8 Å². The molecule has 138 valence electrons. The second-order valence-electron chi connectivity index (χ2n) is 6.57. The largest absolute Gasteiger partial charge is 0.352 e. The molecule has 0 aromatic heterocycles. The lowest BCUT2D eigenvalue weighted by molar-refractivity contribution is -0.121. The maximum atomic E-state index is 14.1. The molecule has 3 atom stereocenters. The fraction of sp³-hybridized carbons (Fsp3) is 0.350. The van der Waals surface area contributed by atoms with E-state index in [1.165, 1.54) is 0 Å². The highest BCUT2D eigenvalue weighted by Gasteiger charge is 2.28. The van der Waals surface area contributed by atoms with Gasteiger partial charge in [0.05, 0.1) is 0 Å². The number of carbonyl (C=O) groups is 1. The summed E-state index contributed by atoms with van der Waals surface area (Å²) < 4.78 is 27.6. The molecule has 6 heteroatoms. The molecule has 26 heavy (non-hydrogen) atoms. The van der Waals surface area contributed by atoms with Crippen LogP contribution in [0.15, 0.2) is 53.4 Å². The Labute approximate surface area is 156 Å². The third kappa shape index (κ3) is 4.62. The van der Waals surface area contributed by atoms with Gasteiger partial charge in [0.2, 0.25) is 5.91 Å². The highest BCUT2D eigenvalue weighted by atomic mass is 32.2. The van der Waals surface area contributed by atoms with Crippen molar-refractivity contribution < 1.29 is 13.6 Å². The summed E-state index contributed by atoms with van der Waals surface area (Å²) in [5.41, 5.74) is 0.764. The summed E-state index contributed by atoms with van der Waals surface area (Å²) >= 11 is 1.04. The van der Waals surface area contributed by atoms with Crippen molar-refractivity contribution in [2.45, 2.75) is 29.5 Å². The van der Waals surface area contributed by atoms with E-state index in [-0.39, 0.29) is 16.8 Å². The Bertz CT molecular complexity index is 757. The lowest BCUT2D eigenvalue weighted by atomic mass is 9.95. The Morgan fingerprint density at radius 2 is 2.00 bits per heavy atom. The number of hydrogen-bond donors (Lipinski definition) is 2. The van der Waals surface area contributed by atoms with Gasteiger partial charge in [0.15, 0.2) is 0 Å². The van der Waals surface area contributed by atoms with Crippen LogP contribution >= 0.6 is 11.8 Å². The van der Waals surface area contributed by atoms with Crippen LogP contribution in [0.2, 0.25) is 0 Å². The summed E-state index contributed by atoms with van der Waals surface area (Å²) in [7, 11) is 0. The zero-order valence-corrected chi connectivity index (χ0v) is 15.4. The third-order valence-corrected chi connectivity index (χ3v) is 5.88. The summed E-state index contributed by atoms with van der Waals surface area (Å²) in [6, 6.07) is 12.6. The van der Waals surface area contributed by atoms with E-state index in [1.54, 1.807) is 0 Å². The van der Waals surface area contributed by atoms with Gasteiger partial charge < -0.3 is 10.6 Å². The predicted molar refractivity (Wildman–Crippen MR) is 100.0 cm³/mol. The van der Waals surface area contributed by atoms with Gasteiger partial charge in [-0.25, -0.2) is 8.78 Å². The maximum Gasteiger partial charge on any atom is 0.238 e. The maximum absolute atomic E-state index is 14.1. The van der Waals surface area contributed by atoms with E-state index in [0.29, 0.717) is 5.92 Å². The van der Waals surface area contributed by atoms with Crippen molar-refractivity contribution in [3.63, 3.8) is 0 Å². The quantitative estimate of drug-likeness (QED) is 0.778. The number of halogens is 2. The first-order valence-corrected chi connectivity index (χ1v) is 9.60. The van der Waals surface area contributed by atoms with Crippen LogP contribution in [-0.2, 0) is 4.79 Å². The Morgan fingerprint density at radius 3 is 2.73 bits per heavy atom. The molecule has 0 saturated carbocycles. The molecule has 3 unspecified atom stereocenters. The Morgan fingerprint density at radius 1 is 1.23 bits per heavy atom. The smallest absolute Gasteiger partial charge is 0.238 e. The van der Waals surface area contributed by atoms with Crippen molar-refractivity contribution in [3.8, 4) is 0 Å². The number of nitrogens with one attached hydrogen (secondary N) is 2. The summed E-state index contributed by atoms with van der Waals surface area (Å²) in [6.45, 7) is 3.80. The topological polar surface area (TPSA) is 41.1 Å². The number of piperidine rings is 1. The number of benzene rings is 2. The van der Waals surface area contributed by atoms with Crippen LogP contribution in [-0.4, -0.2) is 25.0 Å². The second kappa shape index (κ2) is 8.64. The van der Waals surface area contributed by atoms with Crippen LogP contribution in [0.25, 0.3) is 0 Å². The standard InChI is InChI=1S/C20H22F2N2OS/c1-13-12-23-10-9-17(13)24-20(25)19(14-5-3-2-4-6-14)26-18-11-15(21)7-8-16(18)22/h2-8,11,13,17,19,23H,9-10,12H2,1H3,(H,24,25). The normalized spacial score (nSPS) is 21.2. The van der Waals surface area contributed by atoms with E-state index in [9.17, 15) is 13.6 Å². The molecule has 2 aromatic carbocycles. The molecule has 2 aromatic rings. The second-order valence-corrected chi connectivity index (χ2v) is 7.72. The summed E-state index contributed by atoms with van der Waals surface area (Å²) in [6.07, 6.45) is 0.855. The van der Waals surface area contributed by atoms with E-state index in [4.69, 9.17) is 0 Å². The van der Waals surface area contributed by atoms with Crippen molar-refractivity contribution in [2.75, 3.05) is 13.1 Å². The molecular formula is C20H22F2N2OS. The molecule has 3 rings (SSSR count). The van der Waals surface area contributed by atoms with Crippen LogP contribution in [0, 0.1) is 17.6 Å². The van der Waals surface area contributed by atoms with Crippen molar-refractivity contribution in [2.24, 2.45) is 5.92 Å². The SMILES string of the molecule is CC1CNCCC1NC(=O)C(Sc1cc(F)ccc1F)c1ccccc1. The summed E-state index contributed by atoms with van der Waals surface area (Å²) in [4.78, 5) is 13.1. The van der Waals surface area contributed by atoms with Crippen molar-refractivity contribution in [1.82, 2.24) is 10.6 Å². The van der Waals surface area contributed by atoms with Gasteiger partial charge in [0, 0.05) is 10.9 Å². The first-order valence-electron chi connectivity index (χ1n) is 8.72. The van der Waals surface area contributed by atoms with Crippen molar-refractivity contribution in [3.05, 3.63) is 65.7 Å². The minimum atomic E-state index is -0.644. The van der Waals surface area contributed by atoms with E-state index >= 15 is 0 Å². The summed E-state index contributed by atoms with van der Waals surface area (Å²) in [5.74, 6) is -0.905. The number of hydrogen-bond acceptors (Lipinski definition) is 3. The van der Waals surface area contributed by atoms with Gasteiger partial charge in [-0.3, -0.25) is 4.79 Å². The van der Waals surface area contributed by atoms with Gasteiger partial charge in [0.25, 0.3) is 0 Å². The zero-order valence-electron chi connectivity index (χ0n) is 14.5. The highest BCUT2D eigenvalue weighted by molar-refractivity contribution is 8.00. The van der Waals surface area contributed by atoms with Crippen LogP contribution in [0.4, 0.5) is 8.78 Å². The molecule has 0 radical (unpaired) electrons. The fourth-order valence-corrected chi connectivity index (χ4v) is 4.17. The molecular weight excluding hydrogens is 354 g/mol. The lowest BCUT2D eigenvalue weighted by Gasteiger charge is -2.31. The van der Waals surface area contributed by atoms with E-state index < -0.39 is 16.9 Å². The molecule has 1 fully saturated rings. The number of carbonyl (C=O) groups excluding carboxylic acids is 1. The molecule has 1 heterocycles. The Hall–Kier alpha value is -1.92. The van der Waals surface area contributed by atoms with Crippen molar-refractivity contribution >= 4 is 17.7 Å². The van der Waals surface area contributed by atoms with Gasteiger partial charge in [0.1, 0.15) is 16.9 Å². The van der Waals surface area contributed by atoms with Gasteiger partial charge in [-0.2, -0.15) is 0 Å². The minimum absolute atomic E-state index is 0.0768. The van der Waals surface area contributed by atoms with Crippen LogP contribution in [0.3, 0.4) is 0 Å².